The number of halogens is 3. The summed E-state index contributed by atoms with van der Waals surface area (Å²) in [5.74, 6) is 0.416. The number of nitrogens with zero attached hydrogens (tertiary/aromatic N) is 2. The molecular formula is C14H16Cl3N3O2S. The van der Waals surface area contributed by atoms with Gasteiger partial charge in [-0.2, -0.15) is 5.10 Å². The Kier molecular flexibility index (Phi) is 5.51. The van der Waals surface area contributed by atoms with Gasteiger partial charge in [0.15, 0.2) is 5.82 Å². The Morgan fingerprint density at radius 1 is 1.17 bits per heavy atom. The number of nitrogens with one attached hydrogen (secondary N) is 1. The van der Waals surface area contributed by atoms with Crippen LogP contribution in [0.25, 0.3) is 0 Å². The lowest BCUT2D eigenvalue weighted by Crippen LogP contribution is -2.15. The van der Waals surface area contributed by atoms with Gasteiger partial charge < -0.3 is 0 Å². The lowest BCUT2D eigenvalue weighted by molar-refractivity contribution is 0.484. The van der Waals surface area contributed by atoms with Crippen molar-refractivity contribution in [3.05, 3.63) is 39.0 Å². The Labute approximate surface area is 150 Å². The highest BCUT2D eigenvalue weighted by Crippen LogP contribution is 2.30. The van der Waals surface area contributed by atoms with Gasteiger partial charge in [-0.25, -0.2) is 8.42 Å². The van der Waals surface area contributed by atoms with Crippen LogP contribution in [-0.4, -0.2) is 18.2 Å². The van der Waals surface area contributed by atoms with E-state index in [0.717, 1.165) is 0 Å². The molecule has 0 atom stereocenters. The summed E-state index contributed by atoms with van der Waals surface area (Å²) in [6, 6.07) is 2.80. The second-order valence-electron chi connectivity index (χ2n) is 5.58. The van der Waals surface area contributed by atoms with E-state index in [9.17, 15) is 8.42 Å². The Balaban J connectivity index is 2.36. The van der Waals surface area contributed by atoms with Crippen LogP contribution in [0, 0.1) is 12.8 Å². The molecule has 0 aliphatic heterocycles. The molecule has 9 heteroatoms. The zero-order valence-corrected chi connectivity index (χ0v) is 15.9. The minimum Gasteiger partial charge on any atom is -0.269 e. The van der Waals surface area contributed by atoms with Crippen LogP contribution >= 0.6 is 34.8 Å². The van der Waals surface area contributed by atoms with E-state index in [4.69, 9.17) is 34.8 Å². The van der Waals surface area contributed by atoms with E-state index in [0.29, 0.717) is 23.0 Å². The van der Waals surface area contributed by atoms with E-state index < -0.39 is 10.0 Å². The molecule has 0 fully saturated rings. The summed E-state index contributed by atoms with van der Waals surface area (Å²) in [5, 5.41) is 4.80. The summed E-state index contributed by atoms with van der Waals surface area (Å²) < 4.78 is 29.0. The molecule has 0 aliphatic rings. The maximum Gasteiger partial charge on any atom is 0.264 e. The van der Waals surface area contributed by atoms with Crippen LogP contribution in [0.4, 0.5) is 5.82 Å². The molecule has 5 nitrogen and oxygen atoms in total. The molecule has 1 heterocycles. The molecule has 0 bridgehead atoms. The number of hydrogen-bond acceptors (Lipinski definition) is 3. The number of rotatable bonds is 5. The van der Waals surface area contributed by atoms with Crippen LogP contribution in [0.1, 0.15) is 19.4 Å². The van der Waals surface area contributed by atoms with Crippen LogP contribution < -0.4 is 4.72 Å². The van der Waals surface area contributed by atoms with Crippen molar-refractivity contribution in [1.29, 1.82) is 0 Å². The van der Waals surface area contributed by atoms with Crippen molar-refractivity contribution >= 4 is 50.6 Å². The number of sulfonamides is 1. The minimum atomic E-state index is -3.92. The average Bonchev–Trinajstić information content (AvgIpc) is 2.72. The minimum absolute atomic E-state index is 0.0332. The first-order valence-corrected chi connectivity index (χ1v) is 9.43. The van der Waals surface area contributed by atoms with Crippen LogP contribution in [-0.2, 0) is 16.6 Å². The van der Waals surface area contributed by atoms with Gasteiger partial charge in [0.1, 0.15) is 9.92 Å². The summed E-state index contributed by atoms with van der Waals surface area (Å²) in [4.78, 5) is -0.0736. The van der Waals surface area contributed by atoms with Crippen LogP contribution in [0.2, 0.25) is 15.1 Å². The normalized spacial score (nSPS) is 12.0. The highest BCUT2D eigenvalue weighted by Gasteiger charge is 2.22. The van der Waals surface area contributed by atoms with Gasteiger partial charge in [0.25, 0.3) is 10.0 Å². The van der Waals surface area contributed by atoms with Crippen molar-refractivity contribution in [3.8, 4) is 0 Å². The number of aromatic nitrogens is 2. The van der Waals surface area contributed by atoms with Gasteiger partial charge in [-0.05, 0) is 30.5 Å². The van der Waals surface area contributed by atoms with Gasteiger partial charge >= 0.3 is 0 Å². The summed E-state index contributed by atoms with van der Waals surface area (Å²) in [6.45, 7) is 6.37. The van der Waals surface area contributed by atoms with Gasteiger partial charge in [0.2, 0.25) is 0 Å². The lowest BCUT2D eigenvalue weighted by Gasteiger charge is -2.10. The monoisotopic (exact) mass is 395 g/mol. The Morgan fingerprint density at radius 2 is 1.83 bits per heavy atom. The molecule has 0 unspecified atom stereocenters. The van der Waals surface area contributed by atoms with E-state index in [2.05, 4.69) is 9.82 Å². The first-order valence-electron chi connectivity index (χ1n) is 6.81. The molecule has 0 amide bonds. The first-order chi connectivity index (χ1) is 10.6. The molecule has 2 rings (SSSR count). The number of aryl methyl sites for hydroxylation is 1. The van der Waals surface area contributed by atoms with E-state index in [-0.39, 0.29) is 20.8 Å². The van der Waals surface area contributed by atoms with Crippen molar-refractivity contribution < 1.29 is 8.42 Å². The predicted molar refractivity (Wildman–Crippen MR) is 94.1 cm³/mol. The molecule has 2 aromatic rings. The number of benzene rings is 1. The topological polar surface area (TPSA) is 64.0 Å². The SMILES string of the molecule is Cc1cc(S(=O)(=O)Nc2nn(CC(C)C)cc2Cl)c(Cl)cc1Cl. The fourth-order valence-electron chi connectivity index (χ4n) is 1.95. The number of anilines is 1. The molecule has 0 saturated carbocycles. The van der Waals surface area contributed by atoms with Crippen LogP contribution in [0.5, 0.6) is 0 Å². The average molecular weight is 397 g/mol. The van der Waals surface area contributed by atoms with Gasteiger partial charge in [0.05, 0.1) is 5.02 Å². The summed E-state index contributed by atoms with van der Waals surface area (Å²) in [5.41, 5.74) is 0.605. The van der Waals surface area contributed by atoms with Gasteiger partial charge in [-0.1, -0.05) is 48.7 Å². The number of hydrogen-bond donors (Lipinski definition) is 1. The maximum absolute atomic E-state index is 12.5. The molecule has 0 aliphatic carbocycles. The second kappa shape index (κ2) is 6.89. The molecule has 1 aromatic carbocycles. The molecule has 1 N–H and O–H groups in total. The summed E-state index contributed by atoms with van der Waals surface area (Å²) in [7, 11) is -3.92. The third-order valence-electron chi connectivity index (χ3n) is 3.00. The maximum atomic E-state index is 12.5. The summed E-state index contributed by atoms with van der Waals surface area (Å²) in [6.07, 6.45) is 1.58. The Hall–Kier alpha value is -0.950. The molecule has 0 spiro atoms. The smallest absolute Gasteiger partial charge is 0.264 e. The van der Waals surface area contributed by atoms with Crippen molar-refractivity contribution in [3.63, 3.8) is 0 Å². The standard InChI is InChI=1S/C14H16Cl3N3O2S/c1-8(2)6-20-7-12(17)14(18-20)19-23(21,22)13-4-9(3)10(15)5-11(13)16/h4-5,7-8H,6H2,1-3H3,(H,18,19). The van der Waals surface area contributed by atoms with Crippen molar-refractivity contribution in [1.82, 2.24) is 9.78 Å². The quantitative estimate of drug-likeness (QED) is 0.802. The Bertz CT molecular complexity index is 832. The van der Waals surface area contributed by atoms with Crippen molar-refractivity contribution in [2.24, 2.45) is 5.92 Å². The predicted octanol–water partition coefficient (Wildman–Crippen LogP) is 4.61. The van der Waals surface area contributed by atoms with Crippen molar-refractivity contribution in [2.45, 2.75) is 32.2 Å². The van der Waals surface area contributed by atoms with Crippen LogP contribution in [0.15, 0.2) is 23.2 Å². The first kappa shape index (κ1) is 18.4. The highest BCUT2D eigenvalue weighted by molar-refractivity contribution is 7.92. The second-order valence-corrected chi connectivity index (χ2v) is 8.45. The van der Waals surface area contributed by atoms with E-state index >= 15 is 0 Å². The van der Waals surface area contributed by atoms with Crippen LogP contribution in [0.3, 0.4) is 0 Å². The zero-order valence-electron chi connectivity index (χ0n) is 12.8. The van der Waals surface area contributed by atoms with E-state index in [1.165, 1.54) is 12.1 Å². The molecule has 23 heavy (non-hydrogen) atoms. The van der Waals surface area contributed by atoms with Crippen molar-refractivity contribution in [2.75, 3.05) is 4.72 Å². The van der Waals surface area contributed by atoms with Gasteiger partial charge in [-0.15, -0.1) is 0 Å². The molecule has 126 valence electrons. The third kappa shape index (κ3) is 4.32. The van der Waals surface area contributed by atoms with Gasteiger partial charge in [0, 0.05) is 17.8 Å². The summed E-state index contributed by atoms with van der Waals surface area (Å²) >= 11 is 18.0. The molecular weight excluding hydrogens is 381 g/mol. The molecule has 0 radical (unpaired) electrons. The third-order valence-corrected chi connectivity index (χ3v) is 5.49. The zero-order chi connectivity index (χ0) is 17.4. The highest BCUT2D eigenvalue weighted by atomic mass is 35.5. The van der Waals surface area contributed by atoms with Gasteiger partial charge in [-0.3, -0.25) is 9.40 Å². The Morgan fingerprint density at radius 3 is 2.43 bits per heavy atom. The van der Waals surface area contributed by atoms with E-state index in [1.54, 1.807) is 17.8 Å². The lowest BCUT2D eigenvalue weighted by atomic mass is 10.2. The fraction of sp³-hybridized carbons (Fsp3) is 0.357. The largest absolute Gasteiger partial charge is 0.269 e. The fourth-order valence-corrected chi connectivity index (χ4v) is 4.06. The molecule has 1 aromatic heterocycles. The molecule has 0 saturated heterocycles. The van der Waals surface area contributed by atoms with E-state index in [1.807, 2.05) is 13.8 Å².